The van der Waals surface area contributed by atoms with E-state index in [-0.39, 0.29) is 28.7 Å². The van der Waals surface area contributed by atoms with Crippen LogP contribution >= 0.6 is 11.8 Å². The molecule has 2 N–H and O–H groups in total. The normalized spacial score (nSPS) is 10.9. The zero-order chi connectivity index (χ0) is 21.4. The number of esters is 1. The molecule has 29 heavy (non-hydrogen) atoms. The van der Waals surface area contributed by atoms with Crippen molar-refractivity contribution in [3.05, 3.63) is 59.7 Å². The number of halogens is 3. The van der Waals surface area contributed by atoms with Crippen LogP contribution in [0.3, 0.4) is 0 Å². The number of thioether (sulfide) groups is 1. The number of anilines is 2. The van der Waals surface area contributed by atoms with Gasteiger partial charge in [0.05, 0.1) is 24.2 Å². The molecule has 0 fully saturated rings. The van der Waals surface area contributed by atoms with Crippen molar-refractivity contribution in [1.29, 1.82) is 0 Å². The van der Waals surface area contributed by atoms with E-state index in [0.29, 0.717) is 5.69 Å². The summed E-state index contributed by atoms with van der Waals surface area (Å²) in [4.78, 5) is 35.2. The van der Waals surface area contributed by atoms with Gasteiger partial charge < -0.3 is 15.4 Å². The van der Waals surface area contributed by atoms with Gasteiger partial charge in [0, 0.05) is 16.9 Å². The summed E-state index contributed by atoms with van der Waals surface area (Å²) in [6.45, 7) is 0. The van der Waals surface area contributed by atoms with Gasteiger partial charge in [-0.1, -0.05) is 12.1 Å². The summed E-state index contributed by atoms with van der Waals surface area (Å²) >= 11 is 1.07. The van der Waals surface area contributed by atoms with E-state index in [1.54, 1.807) is 6.07 Å². The van der Waals surface area contributed by atoms with E-state index in [0.717, 1.165) is 23.9 Å². The van der Waals surface area contributed by atoms with Crippen LogP contribution in [0.25, 0.3) is 0 Å². The van der Waals surface area contributed by atoms with Crippen molar-refractivity contribution in [3.63, 3.8) is 0 Å². The lowest BCUT2D eigenvalue weighted by atomic mass is 10.1. The van der Waals surface area contributed by atoms with Crippen LogP contribution in [-0.4, -0.2) is 36.4 Å². The Balaban J connectivity index is 1.99. The fourth-order valence-corrected chi connectivity index (χ4v) is 2.84. The maximum atomic E-state index is 12.8. The van der Waals surface area contributed by atoms with E-state index >= 15 is 0 Å². The van der Waals surface area contributed by atoms with Gasteiger partial charge in [0.2, 0.25) is 5.91 Å². The highest BCUT2D eigenvalue weighted by Gasteiger charge is 2.30. The molecule has 0 spiro atoms. The first-order chi connectivity index (χ1) is 13.7. The molecule has 6 nitrogen and oxygen atoms in total. The van der Waals surface area contributed by atoms with E-state index in [1.165, 1.54) is 37.4 Å². The number of ether oxygens (including phenoxy) is 1. The molecule has 0 aromatic heterocycles. The highest BCUT2D eigenvalue weighted by atomic mass is 32.2. The average molecular weight is 426 g/mol. The van der Waals surface area contributed by atoms with Gasteiger partial charge in [0.25, 0.3) is 5.91 Å². The molecule has 2 amide bonds. The molecular weight excluding hydrogens is 409 g/mol. The highest BCUT2D eigenvalue weighted by Crippen LogP contribution is 2.30. The second kappa shape index (κ2) is 9.97. The van der Waals surface area contributed by atoms with Crippen molar-refractivity contribution in [2.45, 2.75) is 6.18 Å². The van der Waals surface area contributed by atoms with Crippen LogP contribution < -0.4 is 10.6 Å². The van der Waals surface area contributed by atoms with Crippen LogP contribution in [0.5, 0.6) is 0 Å². The molecular formula is C19H17F3N2O4S. The number of carbonyl (C=O) groups is 3. The Labute approximate surface area is 168 Å². The Morgan fingerprint density at radius 1 is 0.966 bits per heavy atom. The first-order valence-corrected chi connectivity index (χ1v) is 9.37. The molecule has 10 heteroatoms. The van der Waals surface area contributed by atoms with Crippen LogP contribution in [0.2, 0.25) is 0 Å². The maximum absolute atomic E-state index is 12.8. The van der Waals surface area contributed by atoms with Crippen LogP contribution in [-0.2, 0) is 20.5 Å². The smallest absolute Gasteiger partial charge is 0.416 e. The minimum Gasteiger partial charge on any atom is -0.468 e. The van der Waals surface area contributed by atoms with Gasteiger partial charge in [-0.3, -0.25) is 14.4 Å². The molecule has 2 aromatic rings. The largest absolute Gasteiger partial charge is 0.468 e. The molecule has 0 saturated carbocycles. The zero-order valence-electron chi connectivity index (χ0n) is 15.2. The van der Waals surface area contributed by atoms with E-state index < -0.39 is 23.6 Å². The summed E-state index contributed by atoms with van der Waals surface area (Å²) in [5, 5.41) is 4.98. The standard InChI is InChI=1S/C19H17F3N2O4S/c1-28-17(26)11-29-10-16(25)23-14-6-2-4-12(8-14)18(27)24-15-7-3-5-13(9-15)19(20,21)22/h2-9H,10-11H2,1H3,(H,23,25)(H,24,27). The lowest BCUT2D eigenvalue weighted by molar-refractivity contribution is -0.138. The Bertz CT molecular complexity index is 903. The summed E-state index contributed by atoms with van der Waals surface area (Å²) in [5.74, 6) is -1.41. The number of hydrogen-bond donors (Lipinski definition) is 2. The Hall–Kier alpha value is -3.01. The first-order valence-electron chi connectivity index (χ1n) is 8.22. The molecule has 2 rings (SSSR count). The van der Waals surface area contributed by atoms with Crippen molar-refractivity contribution in [1.82, 2.24) is 0 Å². The number of hydrogen-bond acceptors (Lipinski definition) is 5. The van der Waals surface area contributed by atoms with Gasteiger partial charge in [-0.05, 0) is 36.4 Å². The Kier molecular flexibility index (Phi) is 7.66. The fourth-order valence-electron chi connectivity index (χ4n) is 2.20. The second-order valence-electron chi connectivity index (χ2n) is 5.73. The van der Waals surface area contributed by atoms with Crippen LogP contribution in [0, 0.1) is 0 Å². The Morgan fingerprint density at radius 2 is 1.62 bits per heavy atom. The van der Waals surface area contributed by atoms with Crippen molar-refractivity contribution in [2.24, 2.45) is 0 Å². The third kappa shape index (κ3) is 7.15. The number of carbonyl (C=O) groups excluding carboxylic acids is 3. The Morgan fingerprint density at radius 3 is 2.28 bits per heavy atom. The summed E-state index contributed by atoms with van der Waals surface area (Å²) in [6, 6.07) is 10.2. The van der Waals surface area contributed by atoms with Gasteiger partial charge in [-0.15, -0.1) is 11.8 Å². The lowest BCUT2D eigenvalue weighted by Gasteiger charge is -2.11. The number of amides is 2. The second-order valence-corrected chi connectivity index (χ2v) is 6.72. The predicted octanol–water partition coefficient (Wildman–Crippen LogP) is 3.80. The van der Waals surface area contributed by atoms with Gasteiger partial charge in [-0.2, -0.15) is 13.2 Å². The van der Waals surface area contributed by atoms with E-state index in [2.05, 4.69) is 15.4 Å². The van der Waals surface area contributed by atoms with Gasteiger partial charge in [0.15, 0.2) is 0 Å². The molecule has 0 heterocycles. The van der Waals surface area contributed by atoms with Gasteiger partial charge >= 0.3 is 12.1 Å². The first kappa shape index (κ1) is 22.3. The number of alkyl halides is 3. The molecule has 2 aromatic carbocycles. The van der Waals surface area contributed by atoms with Gasteiger partial charge in [0.1, 0.15) is 0 Å². The number of methoxy groups -OCH3 is 1. The molecule has 0 saturated heterocycles. The minimum absolute atomic E-state index is 0.00141. The molecule has 154 valence electrons. The summed E-state index contributed by atoms with van der Waals surface area (Å²) in [5.41, 5.74) is -0.382. The van der Waals surface area contributed by atoms with E-state index in [4.69, 9.17) is 0 Å². The third-order valence-electron chi connectivity index (χ3n) is 3.54. The topological polar surface area (TPSA) is 84.5 Å². The van der Waals surface area contributed by atoms with Crippen molar-refractivity contribution < 1.29 is 32.3 Å². The summed E-state index contributed by atoms with van der Waals surface area (Å²) < 4.78 is 42.8. The molecule has 0 bridgehead atoms. The summed E-state index contributed by atoms with van der Waals surface area (Å²) in [6.07, 6.45) is -4.52. The SMILES string of the molecule is COC(=O)CSCC(=O)Nc1cccc(C(=O)Nc2cccc(C(F)(F)F)c2)c1. The predicted molar refractivity (Wildman–Crippen MR) is 104 cm³/mol. The van der Waals surface area contributed by atoms with Crippen LogP contribution in [0.1, 0.15) is 15.9 Å². The fraction of sp³-hybridized carbons (Fsp3) is 0.211. The number of benzene rings is 2. The lowest BCUT2D eigenvalue weighted by Crippen LogP contribution is -2.17. The van der Waals surface area contributed by atoms with Crippen LogP contribution in [0.15, 0.2) is 48.5 Å². The average Bonchev–Trinajstić information content (AvgIpc) is 2.67. The molecule has 0 aliphatic rings. The zero-order valence-corrected chi connectivity index (χ0v) is 16.0. The van der Waals surface area contributed by atoms with E-state index in [1.807, 2.05) is 0 Å². The minimum atomic E-state index is -4.52. The third-order valence-corrected chi connectivity index (χ3v) is 4.44. The monoisotopic (exact) mass is 426 g/mol. The van der Waals surface area contributed by atoms with Crippen molar-refractivity contribution in [2.75, 3.05) is 29.2 Å². The molecule has 0 unspecified atom stereocenters. The molecule has 0 aliphatic carbocycles. The van der Waals surface area contributed by atoms with Gasteiger partial charge in [-0.25, -0.2) is 0 Å². The number of nitrogens with one attached hydrogen (secondary N) is 2. The maximum Gasteiger partial charge on any atom is 0.416 e. The quantitative estimate of drug-likeness (QED) is 0.658. The highest BCUT2D eigenvalue weighted by molar-refractivity contribution is 8.00. The molecule has 0 aliphatic heterocycles. The van der Waals surface area contributed by atoms with Crippen molar-refractivity contribution >= 4 is 40.9 Å². The number of rotatable bonds is 7. The van der Waals surface area contributed by atoms with E-state index in [9.17, 15) is 27.6 Å². The van der Waals surface area contributed by atoms with Crippen LogP contribution in [0.4, 0.5) is 24.5 Å². The summed E-state index contributed by atoms with van der Waals surface area (Å²) in [7, 11) is 1.25. The molecule has 0 atom stereocenters. The molecule has 0 radical (unpaired) electrons. The van der Waals surface area contributed by atoms with Crippen molar-refractivity contribution in [3.8, 4) is 0 Å².